The Labute approximate surface area is 115 Å². The zero-order valence-corrected chi connectivity index (χ0v) is 11.2. The van der Waals surface area contributed by atoms with Gasteiger partial charge in [0, 0.05) is 18.4 Å². The van der Waals surface area contributed by atoms with Gasteiger partial charge in [-0.15, -0.1) is 0 Å². The topological polar surface area (TPSA) is 24.9 Å². The monoisotopic (exact) mass is 280 g/mol. The molecule has 2 aromatic rings. The standard InChI is InChI=1S/C15H15F3N2/c1-10-7-12(9-19-8-10)20-11(2)13-5-3-4-6-14(13)15(16,17)18/h3-9,11,20H,1-2H3. The molecule has 106 valence electrons. The number of benzene rings is 1. The molecule has 1 N–H and O–H groups in total. The number of alkyl halides is 3. The molecule has 20 heavy (non-hydrogen) atoms. The molecule has 0 spiro atoms. The van der Waals surface area contributed by atoms with Crippen LogP contribution in [0.15, 0.2) is 42.7 Å². The van der Waals surface area contributed by atoms with Crippen molar-refractivity contribution in [2.75, 3.05) is 5.32 Å². The fourth-order valence-electron chi connectivity index (χ4n) is 2.09. The Morgan fingerprint density at radius 1 is 1.15 bits per heavy atom. The van der Waals surface area contributed by atoms with Gasteiger partial charge in [-0.3, -0.25) is 4.98 Å². The summed E-state index contributed by atoms with van der Waals surface area (Å²) < 4.78 is 38.9. The van der Waals surface area contributed by atoms with Crippen LogP contribution in [0.4, 0.5) is 18.9 Å². The van der Waals surface area contributed by atoms with Crippen molar-refractivity contribution >= 4 is 5.69 Å². The van der Waals surface area contributed by atoms with E-state index < -0.39 is 17.8 Å². The van der Waals surface area contributed by atoms with Crippen LogP contribution in [0, 0.1) is 6.92 Å². The highest BCUT2D eigenvalue weighted by Gasteiger charge is 2.34. The number of aromatic nitrogens is 1. The van der Waals surface area contributed by atoms with Crippen LogP contribution < -0.4 is 5.32 Å². The smallest absolute Gasteiger partial charge is 0.377 e. The van der Waals surface area contributed by atoms with Crippen LogP contribution in [-0.2, 0) is 6.18 Å². The lowest BCUT2D eigenvalue weighted by molar-refractivity contribution is -0.138. The second-order valence-electron chi connectivity index (χ2n) is 4.70. The van der Waals surface area contributed by atoms with Crippen LogP contribution in [0.25, 0.3) is 0 Å². The largest absolute Gasteiger partial charge is 0.416 e. The number of anilines is 1. The molecule has 1 atom stereocenters. The minimum atomic E-state index is -4.35. The summed E-state index contributed by atoms with van der Waals surface area (Å²) in [4.78, 5) is 4.02. The number of halogens is 3. The maximum atomic E-state index is 13.0. The Kier molecular flexibility index (Phi) is 3.97. The molecule has 0 radical (unpaired) electrons. The number of aryl methyl sites for hydroxylation is 1. The van der Waals surface area contributed by atoms with E-state index in [9.17, 15) is 13.2 Å². The first-order valence-electron chi connectivity index (χ1n) is 6.22. The van der Waals surface area contributed by atoms with Gasteiger partial charge in [0.2, 0.25) is 0 Å². The number of nitrogens with zero attached hydrogens (tertiary/aromatic N) is 1. The van der Waals surface area contributed by atoms with Crippen molar-refractivity contribution in [1.29, 1.82) is 0 Å². The zero-order valence-electron chi connectivity index (χ0n) is 11.2. The summed E-state index contributed by atoms with van der Waals surface area (Å²) in [7, 11) is 0. The second-order valence-corrected chi connectivity index (χ2v) is 4.70. The van der Waals surface area contributed by atoms with E-state index in [0.29, 0.717) is 5.69 Å². The highest BCUT2D eigenvalue weighted by atomic mass is 19.4. The summed E-state index contributed by atoms with van der Waals surface area (Å²) in [6, 6.07) is 6.98. The molecule has 0 bridgehead atoms. The molecule has 0 amide bonds. The number of nitrogens with one attached hydrogen (secondary N) is 1. The van der Waals surface area contributed by atoms with Crippen LogP contribution in [-0.4, -0.2) is 4.98 Å². The quantitative estimate of drug-likeness (QED) is 0.890. The van der Waals surface area contributed by atoms with Crippen LogP contribution in [0.5, 0.6) is 0 Å². The Morgan fingerprint density at radius 2 is 1.85 bits per heavy atom. The highest BCUT2D eigenvalue weighted by molar-refractivity contribution is 5.46. The Hall–Kier alpha value is -2.04. The minimum Gasteiger partial charge on any atom is -0.377 e. The van der Waals surface area contributed by atoms with Gasteiger partial charge < -0.3 is 5.32 Å². The lowest BCUT2D eigenvalue weighted by Gasteiger charge is -2.20. The van der Waals surface area contributed by atoms with E-state index in [0.717, 1.165) is 11.6 Å². The summed E-state index contributed by atoms with van der Waals surface area (Å²) in [5, 5.41) is 3.05. The zero-order chi connectivity index (χ0) is 14.8. The van der Waals surface area contributed by atoms with Crippen molar-refractivity contribution in [3.05, 3.63) is 59.4 Å². The van der Waals surface area contributed by atoms with Crippen molar-refractivity contribution < 1.29 is 13.2 Å². The third kappa shape index (κ3) is 3.29. The highest BCUT2D eigenvalue weighted by Crippen LogP contribution is 2.35. The third-order valence-electron chi connectivity index (χ3n) is 2.99. The van der Waals surface area contributed by atoms with Crippen molar-refractivity contribution in [2.45, 2.75) is 26.1 Å². The van der Waals surface area contributed by atoms with Gasteiger partial charge in [-0.2, -0.15) is 13.2 Å². The average molecular weight is 280 g/mol. The number of hydrogen-bond acceptors (Lipinski definition) is 2. The van der Waals surface area contributed by atoms with Gasteiger partial charge in [0.1, 0.15) is 0 Å². The molecule has 0 aliphatic heterocycles. The van der Waals surface area contributed by atoms with Crippen molar-refractivity contribution in [1.82, 2.24) is 4.98 Å². The fourth-order valence-corrected chi connectivity index (χ4v) is 2.09. The van der Waals surface area contributed by atoms with Crippen molar-refractivity contribution in [3.63, 3.8) is 0 Å². The molecule has 1 aromatic heterocycles. The van der Waals surface area contributed by atoms with Gasteiger partial charge in [0.15, 0.2) is 0 Å². The van der Waals surface area contributed by atoms with E-state index in [2.05, 4.69) is 10.3 Å². The van der Waals surface area contributed by atoms with E-state index in [-0.39, 0.29) is 5.56 Å². The number of rotatable bonds is 3. The van der Waals surface area contributed by atoms with Gasteiger partial charge in [0.25, 0.3) is 0 Å². The average Bonchev–Trinajstić information content (AvgIpc) is 2.37. The third-order valence-corrected chi connectivity index (χ3v) is 2.99. The molecule has 0 saturated carbocycles. The summed E-state index contributed by atoms with van der Waals surface area (Å²) >= 11 is 0. The minimum absolute atomic E-state index is 0.224. The molecular formula is C15H15F3N2. The van der Waals surface area contributed by atoms with Crippen LogP contribution >= 0.6 is 0 Å². The van der Waals surface area contributed by atoms with Gasteiger partial charge in [0.05, 0.1) is 11.3 Å². The van der Waals surface area contributed by atoms with Gasteiger partial charge in [-0.25, -0.2) is 0 Å². The summed E-state index contributed by atoms with van der Waals surface area (Å²) in [5.41, 5.74) is 1.27. The molecule has 0 fully saturated rings. The molecular weight excluding hydrogens is 265 g/mol. The maximum absolute atomic E-state index is 13.0. The Morgan fingerprint density at radius 3 is 2.50 bits per heavy atom. The van der Waals surface area contributed by atoms with Crippen LogP contribution in [0.2, 0.25) is 0 Å². The van der Waals surface area contributed by atoms with E-state index in [1.165, 1.54) is 12.1 Å². The molecule has 0 aliphatic rings. The van der Waals surface area contributed by atoms with Gasteiger partial charge >= 0.3 is 6.18 Å². The lowest BCUT2D eigenvalue weighted by Crippen LogP contribution is -2.15. The molecule has 5 heteroatoms. The van der Waals surface area contributed by atoms with Gasteiger partial charge in [-0.1, -0.05) is 18.2 Å². The predicted molar refractivity (Wildman–Crippen MR) is 72.5 cm³/mol. The maximum Gasteiger partial charge on any atom is 0.416 e. The molecule has 2 rings (SSSR count). The first-order valence-corrected chi connectivity index (χ1v) is 6.22. The summed E-state index contributed by atoms with van der Waals surface area (Å²) in [6.45, 7) is 3.58. The SMILES string of the molecule is Cc1cncc(NC(C)c2ccccc2C(F)(F)F)c1. The molecule has 1 heterocycles. The summed E-state index contributed by atoms with van der Waals surface area (Å²) in [6.07, 6.45) is -1.06. The van der Waals surface area contributed by atoms with Gasteiger partial charge in [-0.05, 0) is 37.1 Å². The second kappa shape index (κ2) is 5.53. The summed E-state index contributed by atoms with van der Waals surface area (Å²) in [5.74, 6) is 0. The van der Waals surface area contributed by atoms with E-state index in [1.54, 1.807) is 25.4 Å². The number of hydrogen-bond donors (Lipinski definition) is 1. The first kappa shape index (κ1) is 14.4. The van der Waals surface area contributed by atoms with E-state index in [1.807, 2.05) is 13.0 Å². The molecule has 2 nitrogen and oxygen atoms in total. The molecule has 1 unspecified atom stereocenters. The van der Waals surface area contributed by atoms with E-state index in [4.69, 9.17) is 0 Å². The number of pyridine rings is 1. The fraction of sp³-hybridized carbons (Fsp3) is 0.267. The Balaban J connectivity index is 2.28. The molecule has 0 saturated heterocycles. The normalized spacial score (nSPS) is 13.1. The predicted octanol–water partition coefficient (Wildman–Crippen LogP) is 4.58. The molecule has 0 aliphatic carbocycles. The van der Waals surface area contributed by atoms with Crippen LogP contribution in [0.3, 0.4) is 0 Å². The van der Waals surface area contributed by atoms with E-state index >= 15 is 0 Å². The first-order chi connectivity index (χ1) is 9.38. The van der Waals surface area contributed by atoms with Crippen molar-refractivity contribution in [2.24, 2.45) is 0 Å². The van der Waals surface area contributed by atoms with Crippen molar-refractivity contribution in [3.8, 4) is 0 Å². The lowest BCUT2D eigenvalue weighted by atomic mass is 10.0. The van der Waals surface area contributed by atoms with Crippen LogP contribution in [0.1, 0.15) is 29.7 Å². The Bertz CT molecular complexity index is 594. The molecule has 1 aromatic carbocycles.